The van der Waals surface area contributed by atoms with Gasteiger partial charge >= 0.3 is 0 Å². The van der Waals surface area contributed by atoms with Crippen LogP contribution >= 0.6 is 0 Å². The molecule has 0 saturated heterocycles. The van der Waals surface area contributed by atoms with Crippen molar-refractivity contribution in [3.05, 3.63) is 54.1 Å². The van der Waals surface area contributed by atoms with Crippen LogP contribution in [0.1, 0.15) is 5.56 Å². The molecule has 4 rings (SSSR count). The fourth-order valence-electron chi connectivity index (χ4n) is 3.48. The van der Waals surface area contributed by atoms with Gasteiger partial charge in [-0.1, -0.05) is 18.2 Å². The third-order valence-corrected chi connectivity index (χ3v) is 4.95. The fraction of sp³-hybridized carbons (Fsp3) is 0.167. The highest BCUT2D eigenvalue weighted by atomic mass is 16.5. The minimum Gasteiger partial charge on any atom is -0.493 e. The van der Waals surface area contributed by atoms with E-state index in [0.29, 0.717) is 39.8 Å². The largest absolute Gasteiger partial charge is 0.493 e. The van der Waals surface area contributed by atoms with Crippen molar-refractivity contribution in [3.8, 4) is 51.8 Å². The maximum absolute atomic E-state index is 9.84. The van der Waals surface area contributed by atoms with Crippen molar-refractivity contribution >= 4 is 11.0 Å². The maximum atomic E-state index is 9.84. The zero-order valence-electron chi connectivity index (χ0n) is 17.6. The second-order valence-corrected chi connectivity index (χ2v) is 6.61. The summed E-state index contributed by atoms with van der Waals surface area (Å²) in [7, 11) is 6.10. The quantitative estimate of drug-likeness (QED) is 0.434. The van der Waals surface area contributed by atoms with E-state index >= 15 is 0 Å². The van der Waals surface area contributed by atoms with Crippen LogP contribution in [0.5, 0.6) is 23.1 Å². The number of para-hydroxylation sites is 1. The number of fused-ring (bicyclic) bond motifs is 1. The van der Waals surface area contributed by atoms with Gasteiger partial charge in [-0.15, -0.1) is 0 Å². The van der Waals surface area contributed by atoms with E-state index in [-0.39, 0.29) is 11.4 Å². The number of aromatic nitrogens is 1. The van der Waals surface area contributed by atoms with E-state index in [9.17, 15) is 5.26 Å². The maximum Gasteiger partial charge on any atom is 0.232 e. The smallest absolute Gasteiger partial charge is 0.232 e. The van der Waals surface area contributed by atoms with Crippen LogP contribution in [0.2, 0.25) is 0 Å². The molecule has 0 radical (unpaired) electrons. The number of ether oxygens (including phenoxy) is 4. The van der Waals surface area contributed by atoms with Crippen molar-refractivity contribution in [1.82, 2.24) is 4.98 Å². The molecule has 0 unspecified atom stereocenters. The van der Waals surface area contributed by atoms with E-state index in [1.54, 1.807) is 32.4 Å². The Bertz CT molecular complexity index is 1250. The highest BCUT2D eigenvalue weighted by molar-refractivity contribution is 5.84. The summed E-state index contributed by atoms with van der Waals surface area (Å²) in [4.78, 5) is 4.51. The van der Waals surface area contributed by atoms with Crippen LogP contribution in [-0.2, 0) is 0 Å². The summed E-state index contributed by atoms with van der Waals surface area (Å²) in [6.45, 7) is 0. The van der Waals surface area contributed by atoms with E-state index in [2.05, 4.69) is 11.1 Å². The Morgan fingerprint density at radius 1 is 0.871 bits per heavy atom. The van der Waals surface area contributed by atoms with Gasteiger partial charge in [-0.3, -0.25) is 0 Å². The SMILES string of the molecule is COc1cc(-c2cc(-c3cc4ccccc4o3)nc(OC)c2C#N)cc(OC)c1OC. The molecule has 7 nitrogen and oxygen atoms in total. The molecule has 0 N–H and O–H groups in total. The molecule has 2 aromatic carbocycles. The molecule has 0 saturated carbocycles. The third kappa shape index (κ3) is 3.49. The minimum atomic E-state index is 0.198. The van der Waals surface area contributed by atoms with Crippen LogP contribution in [0, 0.1) is 11.3 Å². The van der Waals surface area contributed by atoms with Crippen LogP contribution in [0.4, 0.5) is 0 Å². The average Bonchev–Trinajstić information content (AvgIpc) is 3.26. The summed E-state index contributed by atoms with van der Waals surface area (Å²) >= 11 is 0. The first-order chi connectivity index (χ1) is 15.1. The highest BCUT2D eigenvalue weighted by Crippen LogP contribution is 2.43. The number of pyridine rings is 1. The van der Waals surface area contributed by atoms with E-state index in [1.165, 1.54) is 14.2 Å². The van der Waals surface area contributed by atoms with E-state index in [1.807, 2.05) is 30.3 Å². The second-order valence-electron chi connectivity index (χ2n) is 6.61. The molecule has 0 fully saturated rings. The number of benzene rings is 2. The summed E-state index contributed by atoms with van der Waals surface area (Å²) in [5, 5.41) is 10.8. The normalized spacial score (nSPS) is 10.5. The number of rotatable bonds is 6. The summed E-state index contributed by atoms with van der Waals surface area (Å²) in [6.07, 6.45) is 0. The van der Waals surface area contributed by atoms with E-state index in [0.717, 1.165) is 11.0 Å². The molecular formula is C24H20N2O5. The van der Waals surface area contributed by atoms with Crippen LogP contribution < -0.4 is 18.9 Å². The number of nitriles is 1. The van der Waals surface area contributed by atoms with Gasteiger partial charge in [0.1, 0.15) is 22.9 Å². The lowest BCUT2D eigenvalue weighted by Gasteiger charge is -2.16. The number of furan rings is 1. The number of methoxy groups -OCH3 is 4. The van der Waals surface area contributed by atoms with Gasteiger partial charge in [0.05, 0.1) is 28.4 Å². The lowest BCUT2D eigenvalue weighted by molar-refractivity contribution is 0.324. The van der Waals surface area contributed by atoms with Gasteiger partial charge in [-0.25, -0.2) is 4.98 Å². The first-order valence-corrected chi connectivity index (χ1v) is 9.42. The van der Waals surface area contributed by atoms with Crippen molar-refractivity contribution in [3.63, 3.8) is 0 Å². The molecule has 31 heavy (non-hydrogen) atoms. The summed E-state index contributed by atoms with van der Waals surface area (Å²) in [5.74, 6) is 2.18. The molecule has 156 valence electrons. The highest BCUT2D eigenvalue weighted by Gasteiger charge is 2.21. The molecule has 7 heteroatoms. The van der Waals surface area contributed by atoms with Gasteiger partial charge < -0.3 is 23.4 Å². The zero-order chi connectivity index (χ0) is 22.0. The second kappa shape index (κ2) is 8.28. The molecule has 2 heterocycles. The van der Waals surface area contributed by atoms with Gasteiger partial charge in [-0.05, 0) is 35.9 Å². The van der Waals surface area contributed by atoms with Gasteiger partial charge in [0.2, 0.25) is 11.6 Å². The summed E-state index contributed by atoms with van der Waals surface area (Å²) < 4.78 is 27.8. The standard InChI is InChI=1S/C24H20N2O5/c1-27-21-10-15(11-22(28-2)23(21)29-3)16-12-18(26-24(30-4)17(16)13-25)20-9-14-7-5-6-8-19(14)31-20/h5-12H,1-4H3. The van der Waals surface area contributed by atoms with E-state index < -0.39 is 0 Å². The predicted octanol–water partition coefficient (Wildman–Crippen LogP) is 5.07. The van der Waals surface area contributed by atoms with Crippen LogP contribution in [0.3, 0.4) is 0 Å². The monoisotopic (exact) mass is 416 g/mol. The Morgan fingerprint density at radius 3 is 2.16 bits per heavy atom. The third-order valence-electron chi connectivity index (χ3n) is 4.95. The number of hydrogen-bond donors (Lipinski definition) is 0. The van der Waals surface area contributed by atoms with Crippen LogP contribution in [-0.4, -0.2) is 33.4 Å². The number of hydrogen-bond acceptors (Lipinski definition) is 7. The lowest BCUT2D eigenvalue weighted by atomic mass is 9.99. The topological polar surface area (TPSA) is 86.7 Å². The zero-order valence-corrected chi connectivity index (χ0v) is 17.6. The molecule has 0 spiro atoms. The molecule has 0 aliphatic rings. The predicted molar refractivity (Wildman–Crippen MR) is 116 cm³/mol. The average molecular weight is 416 g/mol. The number of nitrogens with zero attached hydrogens (tertiary/aromatic N) is 2. The van der Waals surface area contributed by atoms with Gasteiger partial charge in [-0.2, -0.15) is 5.26 Å². The van der Waals surface area contributed by atoms with Crippen molar-refractivity contribution in [2.75, 3.05) is 28.4 Å². The fourth-order valence-corrected chi connectivity index (χ4v) is 3.48. The van der Waals surface area contributed by atoms with Gasteiger partial charge in [0.25, 0.3) is 0 Å². The summed E-state index contributed by atoms with van der Waals surface area (Å²) in [6, 6.07) is 17.1. The lowest BCUT2D eigenvalue weighted by Crippen LogP contribution is -1.99. The molecule has 0 bridgehead atoms. The Labute approximate surface area is 179 Å². The first-order valence-electron chi connectivity index (χ1n) is 9.42. The summed E-state index contributed by atoms with van der Waals surface area (Å²) in [5.41, 5.74) is 2.86. The Hall–Kier alpha value is -4.18. The van der Waals surface area contributed by atoms with Crippen molar-refractivity contribution in [2.45, 2.75) is 0 Å². The molecule has 0 aliphatic carbocycles. The van der Waals surface area contributed by atoms with Gasteiger partial charge in [0, 0.05) is 10.9 Å². The Balaban J connectivity index is 1.97. The van der Waals surface area contributed by atoms with Crippen molar-refractivity contribution < 1.29 is 23.4 Å². The van der Waals surface area contributed by atoms with Crippen molar-refractivity contribution in [2.24, 2.45) is 0 Å². The first kappa shape index (κ1) is 20.1. The molecule has 0 amide bonds. The molecule has 4 aromatic rings. The van der Waals surface area contributed by atoms with Gasteiger partial charge in [0.15, 0.2) is 17.3 Å². The van der Waals surface area contributed by atoms with Crippen molar-refractivity contribution in [1.29, 1.82) is 5.26 Å². The molecule has 0 aliphatic heterocycles. The van der Waals surface area contributed by atoms with Crippen LogP contribution in [0.15, 0.2) is 52.9 Å². The van der Waals surface area contributed by atoms with E-state index in [4.69, 9.17) is 23.4 Å². The van der Waals surface area contributed by atoms with Crippen LogP contribution in [0.25, 0.3) is 33.6 Å². The molecule has 2 aromatic heterocycles. The minimum absolute atomic E-state index is 0.198. The molecular weight excluding hydrogens is 396 g/mol. The Kier molecular flexibility index (Phi) is 5.37. The molecule has 0 atom stereocenters. The Morgan fingerprint density at radius 2 is 1.58 bits per heavy atom.